The Morgan fingerprint density at radius 3 is 2.75 bits per heavy atom. The van der Waals surface area contributed by atoms with E-state index in [1.807, 2.05) is 43.7 Å². The van der Waals surface area contributed by atoms with Gasteiger partial charge in [0.2, 0.25) is 0 Å². The van der Waals surface area contributed by atoms with Crippen LogP contribution in [0.2, 0.25) is 5.02 Å². The van der Waals surface area contributed by atoms with Gasteiger partial charge in [-0.25, -0.2) is 0 Å². The van der Waals surface area contributed by atoms with E-state index in [1.54, 1.807) is 0 Å². The summed E-state index contributed by atoms with van der Waals surface area (Å²) < 4.78 is 7.73. The maximum Gasteiger partial charge on any atom is 0.170 e. The Balaban J connectivity index is 2.17. The van der Waals surface area contributed by atoms with Crippen LogP contribution in [0, 0.1) is 6.92 Å². The Hall–Kier alpha value is -1.59. The Morgan fingerprint density at radius 1 is 1.40 bits per heavy atom. The fourth-order valence-corrected chi connectivity index (χ4v) is 2.16. The van der Waals surface area contributed by atoms with Crippen LogP contribution < -0.4 is 10.5 Å². The smallest absolute Gasteiger partial charge is 0.170 e. The van der Waals surface area contributed by atoms with E-state index in [-0.39, 0.29) is 6.04 Å². The molecule has 0 aliphatic heterocycles. The van der Waals surface area contributed by atoms with Gasteiger partial charge in [-0.1, -0.05) is 17.7 Å². The van der Waals surface area contributed by atoms with Gasteiger partial charge in [0.15, 0.2) is 5.82 Å². The van der Waals surface area contributed by atoms with Gasteiger partial charge in [-0.3, -0.25) is 0 Å². The summed E-state index contributed by atoms with van der Waals surface area (Å²) in [6.45, 7) is 4.19. The number of nitrogens with zero attached hydrogens (tertiary/aromatic N) is 3. The zero-order valence-corrected chi connectivity index (χ0v) is 12.7. The summed E-state index contributed by atoms with van der Waals surface area (Å²) in [5.41, 5.74) is 6.79. The second-order valence-electron chi connectivity index (χ2n) is 4.91. The van der Waals surface area contributed by atoms with Crippen molar-refractivity contribution in [2.45, 2.75) is 32.9 Å². The lowest BCUT2D eigenvalue weighted by molar-refractivity contribution is 0.287. The van der Waals surface area contributed by atoms with Gasteiger partial charge in [-0.05, 0) is 32.4 Å². The fraction of sp³-hybridized carbons (Fsp3) is 0.429. The molecule has 0 amide bonds. The van der Waals surface area contributed by atoms with Crippen molar-refractivity contribution in [1.82, 2.24) is 14.8 Å². The first-order valence-electron chi connectivity index (χ1n) is 6.49. The number of aromatic nitrogens is 3. The normalized spacial score (nSPS) is 12.4. The Bertz CT molecular complexity index is 595. The third kappa shape index (κ3) is 3.29. The number of benzene rings is 1. The predicted molar refractivity (Wildman–Crippen MR) is 78.9 cm³/mol. The van der Waals surface area contributed by atoms with Gasteiger partial charge < -0.3 is 15.0 Å². The van der Waals surface area contributed by atoms with Gasteiger partial charge in [0.25, 0.3) is 0 Å². The molecule has 1 aromatic heterocycles. The minimum absolute atomic E-state index is 0.0225. The molecule has 0 aliphatic rings. The number of hydrogen-bond acceptors (Lipinski definition) is 4. The van der Waals surface area contributed by atoms with E-state index in [2.05, 4.69) is 10.2 Å². The van der Waals surface area contributed by atoms with Gasteiger partial charge in [0.1, 0.15) is 18.2 Å². The molecule has 1 atom stereocenters. The molecule has 2 rings (SSSR count). The lowest BCUT2D eigenvalue weighted by atomic mass is 10.1. The molecule has 0 saturated heterocycles. The van der Waals surface area contributed by atoms with Crippen LogP contribution in [-0.4, -0.2) is 20.8 Å². The van der Waals surface area contributed by atoms with Crippen molar-refractivity contribution in [3.63, 3.8) is 0 Å². The SMILES string of the molecule is Cc1nnc(COc2cccc(Cl)c2CC(C)N)n1C. The molecule has 1 heterocycles. The average molecular weight is 295 g/mol. The largest absolute Gasteiger partial charge is 0.485 e. The van der Waals surface area contributed by atoms with E-state index >= 15 is 0 Å². The molecule has 2 N–H and O–H groups in total. The molecule has 0 bridgehead atoms. The predicted octanol–water partition coefficient (Wildman–Crippen LogP) is 2.25. The number of aryl methyl sites for hydroxylation is 1. The average Bonchev–Trinajstić information content (AvgIpc) is 2.70. The summed E-state index contributed by atoms with van der Waals surface area (Å²) in [4.78, 5) is 0. The van der Waals surface area contributed by atoms with Gasteiger partial charge >= 0.3 is 0 Å². The summed E-state index contributed by atoms with van der Waals surface area (Å²) in [7, 11) is 1.91. The molecule has 6 heteroatoms. The van der Waals surface area contributed by atoms with Crippen LogP contribution in [0.4, 0.5) is 0 Å². The van der Waals surface area contributed by atoms with Crippen LogP contribution in [0.3, 0.4) is 0 Å². The highest BCUT2D eigenvalue weighted by atomic mass is 35.5. The zero-order valence-electron chi connectivity index (χ0n) is 11.9. The summed E-state index contributed by atoms with van der Waals surface area (Å²) in [5, 5.41) is 8.75. The van der Waals surface area contributed by atoms with E-state index in [0.29, 0.717) is 18.1 Å². The van der Waals surface area contributed by atoms with Crippen LogP contribution in [0.5, 0.6) is 5.75 Å². The van der Waals surface area contributed by atoms with Crippen LogP contribution in [0.1, 0.15) is 24.1 Å². The summed E-state index contributed by atoms with van der Waals surface area (Å²) in [6, 6.07) is 5.63. The first-order valence-corrected chi connectivity index (χ1v) is 6.87. The lowest BCUT2D eigenvalue weighted by Gasteiger charge is -2.14. The first-order chi connectivity index (χ1) is 9.49. The second-order valence-corrected chi connectivity index (χ2v) is 5.32. The minimum Gasteiger partial charge on any atom is -0.485 e. The van der Waals surface area contributed by atoms with Crippen LogP contribution in [0.25, 0.3) is 0 Å². The minimum atomic E-state index is 0.0225. The van der Waals surface area contributed by atoms with E-state index in [4.69, 9.17) is 22.1 Å². The molecule has 0 saturated carbocycles. The Labute approximate surface area is 123 Å². The number of nitrogens with two attached hydrogens (primary N) is 1. The molecule has 0 fully saturated rings. The molecule has 0 radical (unpaired) electrons. The monoisotopic (exact) mass is 294 g/mol. The molecule has 1 aromatic carbocycles. The van der Waals surface area contributed by atoms with Crippen molar-refractivity contribution < 1.29 is 4.74 Å². The molecule has 20 heavy (non-hydrogen) atoms. The topological polar surface area (TPSA) is 66.0 Å². The molecule has 5 nitrogen and oxygen atoms in total. The van der Waals surface area contributed by atoms with E-state index in [0.717, 1.165) is 23.0 Å². The summed E-state index contributed by atoms with van der Waals surface area (Å²) in [6.07, 6.45) is 0.673. The third-order valence-corrected chi connectivity index (χ3v) is 3.50. The van der Waals surface area contributed by atoms with Gasteiger partial charge in [0, 0.05) is 23.7 Å². The maximum absolute atomic E-state index is 6.22. The molecule has 0 spiro atoms. The highest BCUT2D eigenvalue weighted by molar-refractivity contribution is 6.31. The fourth-order valence-electron chi connectivity index (χ4n) is 1.91. The van der Waals surface area contributed by atoms with Crippen molar-refractivity contribution in [1.29, 1.82) is 0 Å². The lowest BCUT2D eigenvalue weighted by Crippen LogP contribution is -2.18. The standard InChI is InChI=1S/C14H19ClN4O/c1-9(16)7-11-12(15)5-4-6-13(11)20-8-14-18-17-10(2)19(14)3/h4-6,9H,7-8,16H2,1-3H3. The van der Waals surface area contributed by atoms with Crippen molar-refractivity contribution in [2.75, 3.05) is 0 Å². The number of rotatable bonds is 5. The zero-order chi connectivity index (χ0) is 14.7. The van der Waals surface area contributed by atoms with E-state index < -0.39 is 0 Å². The molecule has 0 aliphatic carbocycles. The van der Waals surface area contributed by atoms with Gasteiger partial charge in [-0.2, -0.15) is 0 Å². The van der Waals surface area contributed by atoms with E-state index in [1.165, 1.54) is 0 Å². The molecular weight excluding hydrogens is 276 g/mol. The highest BCUT2D eigenvalue weighted by Gasteiger charge is 2.12. The molecule has 1 unspecified atom stereocenters. The van der Waals surface area contributed by atoms with Gasteiger partial charge in [-0.15, -0.1) is 10.2 Å². The molecule has 2 aromatic rings. The quantitative estimate of drug-likeness (QED) is 0.918. The first kappa shape index (κ1) is 14.8. The Kier molecular flexibility index (Phi) is 4.62. The van der Waals surface area contributed by atoms with E-state index in [9.17, 15) is 0 Å². The highest BCUT2D eigenvalue weighted by Crippen LogP contribution is 2.28. The second kappa shape index (κ2) is 6.24. The summed E-state index contributed by atoms with van der Waals surface area (Å²) in [5.74, 6) is 2.37. The van der Waals surface area contributed by atoms with Crippen molar-refractivity contribution >= 4 is 11.6 Å². The van der Waals surface area contributed by atoms with Crippen molar-refractivity contribution in [3.05, 3.63) is 40.4 Å². The van der Waals surface area contributed by atoms with Crippen molar-refractivity contribution in [3.8, 4) is 5.75 Å². The van der Waals surface area contributed by atoms with Crippen molar-refractivity contribution in [2.24, 2.45) is 12.8 Å². The Morgan fingerprint density at radius 2 is 2.15 bits per heavy atom. The van der Waals surface area contributed by atoms with Crippen LogP contribution in [-0.2, 0) is 20.1 Å². The number of hydrogen-bond donors (Lipinski definition) is 1. The third-order valence-electron chi connectivity index (χ3n) is 3.14. The molecule has 108 valence electrons. The van der Waals surface area contributed by atoms with Crippen LogP contribution >= 0.6 is 11.6 Å². The number of halogens is 1. The maximum atomic E-state index is 6.22. The van der Waals surface area contributed by atoms with Crippen LogP contribution in [0.15, 0.2) is 18.2 Å². The number of ether oxygens (including phenoxy) is 1. The van der Waals surface area contributed by atoms with Gasteiger partial charge in [0.05, 0.1) is 0 Å². The molecular formula is C14H19ClN4O. The summed E-state index contributed by atoms with van der Waals surface area (Å²) >= 11 is 6.22.